The number of Topliss-reactive ketones (excluding diaryl/α,β-unsaturated/α-hetero) is 1. The Morgan fingerprint density at radius 3 is 2.62 bits per heavy atom. The van der Waals surface area contributed by atoms with Crippen LogP contribution in [0, 0.1) is 5.82 Å². The highest BCUT2D eigenvalue weighted by Crippen LogP contribution is 2.25. The summed E-state index contributed by atoms with van der Waals surface area (Å²) in [6.07, 6.45) is 2.65. The van der Waals surface area contributed by atoms with Crippen LogP contribution in [0.5, 0.6) is 0 Å². The number of rotatable bonds is 2. The van der Waals surface area contributed by atoms with Gasteiger partial charge in [0, 0.05) is 17.3 Å². The minimum absolute atomic E-state index is 0.0770. The van der Waals surface area contributed by atoms with Crippen LogP contribution in [0.15, 0.2) is 42.7 Å². The number of hydrogen-bond donors (Lipinski definition) is 0. The Kier molecular flexibility index (Phi) is 2.77. The van der Waals surface area contributed by atoms with E-state index in [0.717, 1.165) is 6.20 Å². The van der Waals surface area contributed by atoms with Gasteiger partial charge in [0.05, 0.1) is 6.20 Å². The molecule has 0 spiro atoms. The third kappa shape index (κ3) is 1.84. The molecule has 0 saturated heterocycles. The van der Waals surface area contributed by atoms with E-state index in [2.05, 4.69) is 4.98 Å². The van der Waals surface area contributed by atoms with Crippen LogP contribution in [0.25, 0.3) is 11.1 Å². The summed E-state index contributed by atoms with van der Waals surface area (Å²) in [6, 6.07) is 8.53. The Bertz CT molecular complexity index is 537. The molecule has 0 saturated carbocycles. The molecule has 0 fully saturated rings. The molecule has 1 aromatic heterocycles. The second-order valence-electron chi connectivity index (χ2n) is 3.46. The van der Waals surface area contributed by atoms with Crippen LogP contribution in [-0.2, 0) is 0 Å². The molecule has 2 nitrogen and oxygen atoms in total. The summed E-state index contributed by atoms with van der Waals surface area (Å²) < 4.78 is 13.5. The smallest absolute Gasteiger partial charge is 0.160 e. The molecule has 80 valence electrons. The van der Waals surface area contributed by atoms with Crippen molar-refractivity contribution in [3.63, 3.8) is 0 Å². The zero-order valence-corrected chi connectivity index (χ0v) is 8.77. The zero-order valence-electron chi connectivity index (χ0n) is 8.77. The van der Waals surface area contributed by atoms with Gasteiger partial charge < -0.3 is 0 Å². The molecule has 0 N–H and O–H groups in total. The zero-order chi connectivity index (χ0) is 11.5. The average Bonchev–Trinajstić information content (AvgIpc) is 2.29. The van der Waals surface area contributed by atoms with Gasteiger partial charge in [-0.2, -0.15) is 0 Å². The minimum Gasteiger partial charge on any atom is -0.294 e. The molecule has 3 heteroatoms. The van der Waals surface area contributed by atoms with E-state index in [9.17, 15) is 9.18 Å². The maximum Gasteiger partial charge on any atom is 0.160 e. The van der Waals surface area contributed by atoms with Crippen LogP contribution in [-0.4, -0.2) is 10.8 Å². The van der Waals surface area contributed by atoms with Crippen molar-refractivity contribution in [2.24, 2.45) is 0 Å². The molecule has 0 atom stereocenters. The Balaban J connectivity index is 2.65. The predicted octanol–water partition coefficient (Wildman–Crippen LogP) is 3.09. The van der Waals surface area contributed by atoms with Gasteiger partial charge in [0.15, 0.2) is 5.78 Å². The molecule has 16 heavy (non-hydrogen) atoms. The van der Waals surface area contributed by atoms with Gasteiger partial charge in [-0.25, -0.2) is 4.39 Å². The quantitative estimate of drug-likeness (QED) is 0.720. The molecule has 1 aromatic carbocycles. The largest absolute Gasteiger partial charge is 0.294 e. The minimum atomic E-state index is -0.420. The molecule has 0 radical (unpaired) electrons. The maximum absolute atomic E-state index is 13.5. The lowest BCUT2D eigenvalue weighted by Gasteiger charge is -2.07. The highest BCUT2D eigenvalue weighted by Gasteiger charge is 2.11. The summed E-state index contributed by atoms with van der Waals surface area (Å²) in [7, 11) is 0. The van der Waals surface area contributed by atoms with Gasteiger partial charge in [-0.15, -0.1) is 0 Å². The number of hydrogen-bond acceptors (Lipinski definition) is 2. The van der Waals surface area contributed by atoms with Crippen molar-refractivity contribution in [3.8, 4) is 11.1 Å². The van der Waals surface area contributed by atoms with Crippen molar-refractivity contribution in [3.05, 3.63) is 54.1 Å². The summed E-state index contributed by atoms with van der Waals surface area (Å²) in [5, 5.41) is 0. The summed E-state index contributed by atoms with van der Waals surface area (Å²) in [4.78, 5) is 15.1. The van der Waals surface area contributed by atoms with E-state index in [1.165, 1.54) is 13.1 Å². The van der Waals surface area contributed by atoms with Crippen LogP contribution in [0.4, 0.5) is 4.39 Å². The molecule has 0 unspecified atom stereocenters. The Morgan fingerprint density at radius 1 is 1.19 bits per heavy atom. The van der Waals surface area contributed by atoms with E-state index in [1.54, 1.807) is 30.3 Å². The van der Waals surface area contributed by atoms with Crippen molar-refractivity contribution in [2.45, 2.75) is 6.92 Å². The second kappa shape index (κ2) is 4.23. The number of pyridine rings is 1. The summed E-state index contributed by atoms with van der Waals surface area (Å²) >= 11 is 0. The van der Waals surface area contributed by atoms with Crippen LogP contribution in [0.1, 0.15) is 17.3 Å². The molecular formula is C13H10FNO. The number of ketones is 1. The van der Waals surface area contributed by atoms with Crippen molar-refractivity contribution in [1.29, 1.82) is 0 Å². The monoisotopic (exact) mass is 215 g/mol. The van der Waals surface area contributed by atoms with Gasteiger partial charge >= 0.3 is 0 Å². The summed E-state index contributed by atoms with van der Waals surface area (Å²) in [6.45, 7) is 1.47. The van der Waals surface area contributed by atoms with Gasteiger partial charge in [0.25, 0.3) is 0 Å². The van der Waals surface area contributed by atoms with Gasteiger partial charge in [-0.05, 0) is 18.6 Å². The second-order valence-corrected chi connectivity index (χ2v) is 3.46. The van der Waals surface area contributed by atoms with Gasteiger partial charge in [0.1, 0.15) is 5.82 Å². The van der Waals surface area contributed by atoms with Crippen molar-refractivity contribution < 1.29 is 9.18 Å². The first kappa shape index (κ1) is 10.5. The number of carbonyl (C=O) groups is 1. The van der Waals surface area contributed by atoms with E-state index in [1.807, 2.05) is 0 Å². The van der Waals surface area contributed by atoms with E-state index in [0.29, 0.717) is 16.7 Å². The first-order valence-electron chi connectivity index (χ1n) is 4.90. The fraction of sp³-hybridized carbons (Fsp3) is 0.0769. The Hall–Kier alpha value is -2.03. The normalized spacial score (nSPS) is 10.1. The van der Waals surface area contributed by atoms with Crippen molar-refractivity contribution in [2.75, 3.05) is 0 Å². The standard InChI is InChI=1S/C13H10FNO/c1-9(16)10-4-2-3-5-11(10)12-6-7-15-8-13(12)14/h2-8H,1H3. The Labute approximate surface area is 92.8 Å². The van der Waals surface area contributed by atoms with Gasteiger partial charge in [-0.1, -0.05) is 24.3 Å². The number of benzene rings is 1. The van der Waals surface area contributed by atoms with Crippen LogP contribution in [0.2, 0.25) is 0 Å². The number of carbonyl (C=O) groups excluding carboxylic acids is 1. The van der Waals surface area contributed by atoms with Crippen molar-refractivity contribution >= 4 is 5.78 Å². The van der Waals surface area contributed by atoms with Crippen LogP contribution < -0.4 is 0 Å². The van der Waals surface area contributed by atoms with E-state index >= 15 is 0 Å². The number of halogens is 1. The van der Waals surface area contributed by atoms with Crippen LogP contribution in [0.3, 0.4) is 0 Å². The molecule has 2 aromatic rings. The Morgan fingerprint density at radius 2 is 1.94 bits per heavy atom. The third-order valence-corrected chi connectivity index (χ3v) is 2.37. The van der Waals surface area contributed by atoms with E-state index < -0.39 is 5.82 Å². The molecular weight excluding hydrogens is 205 g/mol. The number of aromatic nitrogens is 1. The van der Waals surface area contributed by atoms with Crippen molar-refractivity contribution in [1.82, 2.24) is 4.98 Å². The molecule has 0 amide bonds. The third-order valence-electron chi connectivity index (χ3n) is 2.37. The molecule has 2 rings (SSSR count). The predicted molar refractivity (Wildman–Crippen MR) is 59.6 cm³/mol. The molecule has 0 bridgehead atoms. The molecule has 1 heterocycles. The van der Waals surface area contributed by atoms with Crippen LogP contribution >= 0.6 is 0 Å². The summed E-state index contributed by atoms with van der Waals surface area (Å²) in [5.41, 5.74) is 1.53. The molecule has 0 aliphatic carbocycles. The topological polar surface area (TPSA) is 30.0 Å². The average molecular weight is 215 g/mol. The van der Waals surface area contributed by atoms with Gasteiger partial charge in [0.2, 0.25) is 0 Å². The van der Waals surface area contributed by atoms with E-state index in [-0.39, 0.29) is 5.78 Å². The number of nitrogens with zero attached hydrogens (tertiary/aromatic N) is 1. The fourth-order valence-electron chi connectivity index (χ4n) is 1.62. The summed E-state index contributed by atoms with van der Waals surface area (Å²) in [5.74, 6) is -0.497. The highest BCUT2D eigenvalue weighted by atomic mass is 19.1. The lowest BCUT2D eigenvalue weighted by atomic mass is 9.98. The fourth-order valence-corrected chi connectivity index (χ4v) is 1.62. The highest BCUT2D eigenvalue weighted by molar-refractivity contribution is 6.00. The van der Waals surface area contributed by atoms with Gasteiger partial charge in [-0.3, -0.25) is 9.78 Å². The first-order valence-corrected chi connectivity index (χ1v) is 4.90. The first-order chi connectivity index (χ1) is 7.70. The lowest BCUT2D eigenvalue weighted by Crippen LogP contribution is -1.97. The SMILES string of the molecule is CC(=O)c1ccccc1-c1ccncc1F. The lowest BCUT2D eigenvalue weighted by molar-refractivity contribution is 0.101. The maximum atomic E-state index is 13.5. The molecule has 0 aliphatic heterocycles. The van der Waals surface area contributed by atoms with E-state index in [4.69, 9.17) is 0 Å². The molecule has 0 aliphatic rings.